The van der Waals surface area contributed by atoms with Gasteiger partial charge < -0.3 is 10.1 Å². The van der Waals surface area contributed by atoms with Crippen LogP contribution in [0.5, 0.6) is 0 Å². The van der Waals surface area contributed by atoms with E-state index >= 15 is 0 Å². The minimum absolute atomic E-state index is 0.0341. The fourth-order valence-corrected chi connectivity index (χ4v) is 4.38. The van der Waals surface area contributed by atoms with E-state index in [1.54, 1.807) is 0 Å². The van der Waals surface area contributed by atoms with Crippen LogP contribution < -0.4 is 5.32 Å². The van der Waals surface area contributed by atoms with E-state index in [4.69, 9.17) is 4.74 Å². The number of carbonyl (C=O) groups excluding carboxylic acids is 1. The zero-order valence-corrected chi connectivity index (χ0v) is 16.0. The lowest BCUT2D eigenvalue weighted by Gasteiger charge is -2.32. The van der Waals surface area contributed by atoms with E-state index in [0.29, 0.717) is 11.8 Å². The lowest BCUT2D eigenvalue weighted by Crippen LogP contribution is -2.30. The van der Waals surface area contributed by atoms with Crippen LogP contribution in [0.1, 0.15) is 69.3 Å². The van der Waals surface area contributed by atoms with Crippen LogP contribution in [-0.2, 0) is 9.53 Å². The first-order valence-electron chi connectivity index (χ1n) is 10.4. The lowest BCUT2D eigenvalue weighted by atomic mass is 9.76. The van der Waals surface area contributed by atoms with E-state index in [0.717, 1.165) is 24.8 Å². The fourth-order valence-electron chi connectivity index (χ4n) is 4.38. The van der Waals surface area contributed by atoms with Gasteiger partial charge in [-0.2, -0.15) is 0 Å². The van der Waals surface area contributed by atoms with Gasteiger partial charge in [0.2, 0.25) is 0 Å². The van der Waals surface area contributed by atoms with Gasteiger partial charge in [0.25, 0.3) is 0 Å². The van der Waals surface area contributed by atoms with Crippen LogP contribution in [0.15, 0.2) is 42.6 Å². The molecule has 0 aromatic heterocycles. The minimum atomic E-state index is -0.122. The number of esters is 1. The molecule has 1 N–H and O–H groups in total. The minimum Gasteiger partial charge on any atom is -0.458 e. The second kappa shape index (κ2) is 9.80. The number of nitrogens with one attached hydrogen (secondary N) is 1. The summed E-state index contributed by atoms with van der Waals surface area (Å²) in [5.41, 5.74) is 1.12. The van der Waals surface area contributed by atoms with E-state index in [9.17, 15) is 4.79 Å². The first kappa shape index (κ1) is 19.0. The van der Waals surface area contributed by atoms with Gasteiger partial charge >= 0.3 is 5.97 Å². The van der Waals surface area contributed by atoms with Crippen LogP contribution >= 0.6 is 0 Å². The average Bonchev–Trinajstić information content (AvgIpc) is 2.64. The molecule has 2 unspecified atom stereocenters. The van der Waals surface area contributed by atoms with Crippen molar-refractivity contribution in [3.63, 3.8) is 0 Å². The highest BCUT2D eigenvalue weighted by Gasteiger charge is 2.34. The maximum atomic E-state index is 13.2. The Labute approximate surface area is 158 Å². The second-order valence-electron chi connectivity index (χ2n) is 7.94. The van der Waals surface area contributed by atoms with Crippen molar-refractivity contribution in [1.29, 1.82) is 0 Å². The molecule has 3 rings (SSSR count). The summed E-state index contributed by atoms with van der Waals surface area (Å²) in [5, 5.41) is 3.03. The largest absolute Gasteiger partial charge is 0.458 e. The number of carbonyl (C=O) groups is 1. The van der Waals surface area contributed by atoms with E-state index in [-0.39, 0.29) is 18.0 Å². The summed E-state index contributed by atoms with van der Waals surface area (Å²) >= 11 is 0. The third-order valence-electron chi connectivity index (χ3n) is 6.07. The molecule has 1 aromatic carbocycles. The Kier molecular flexibility index (Phi) is 7.16. The Morgan fingerprint density at radius 1 is 1.12 bits per heavy atom. The molecule has 3 nitrogen and oxygen atoms in total. The number of hydrogen-bond acceptors (Lipinski definition) is 3. The molecule has 26 heavy (non-hydrogen) atoms. The molecule has 2 aliphatic carbocycles. The highest BCUT2D eigenvalue weighted by molar-refractivity contribution is 5.79. The molecule has 0 aliphatic heterocycles. The molecule has 0 spiro atoms. The Balaban J connectivity index is 1.73. The number of rotatable bonds is 8. The van der Waals surface area contributed by atoms with Crippen molar-refractivity contribution in [2.75, 3.05) is 7.05 Å². The molecule has 2 saturated carbocycles. The predicted octanol–water partition coefficient (Wildman–Crippen LogP) is 5.19. The van der Waals surface area contributed by atoms with Crippen molar-refractivity contribution in [2.24, 2.45) is 11.8 Å². The van der Waals surface area contributed by atoms with Crippen LogP contribution in [0.25, 0.3) is 0 Å². The van der Waals surface area contributed by atoms with Gasteiger partial charge in [0.15, 0.2) is 0 Å². The monoisotopic (exact) mass is 355 g/mol. The van der Waals surface area contributed by atoms with Gasteiger partial charge in [-0.05, 0) is 48.9 Å². The summed E-state index contributed by atoms with van der Waals surface area (Å²) < 4.78 is 6.06. The molecule has 2 atom stereocenters. The van der Waals surface area contributed by atoms with Crippen LogP contribution in [-0.4, -0.2) is 19.1 Å². The molecule has 2 aliphatic rings. The normalized spacial score (nSPS) is 21.1. The molecular weight excluding hydrogens is 322 g/mol. The summed E-state index contributed by atoms with van der Waals surface area (Å²) in [6, 6.07) is 10.3. The lowest BCUT2D eigenvalue weighted by molar-refractivity contribution is -0.151. The van der Waals surface area contributed by atoms with E-state index < -0.39 is 0 Å². The molecular formula is C23H33NO2. The quantitative estimate of drug-likeness (QED) is 0.653. The summed E-state index contributed by atoms with van der Waals surface area (Å²) in [4.78, 5) is 13.2. The Bertz CT molecular complexity index is 573. The number of hydrogen-bond donors (Lipinski definition) is 1. The smallest absolute Gasteiger partial charge is 0.314 e. The Morgan fingerprint density at radius 2 is 1.85 bits per heavy atom. The molecule has 0 radical (unpaired) electrons. The maximum absolute atomic E-state index is 13.2. The van der Waals surface area contributed by atoms with Crippen molar-refractivity contribution in [1.82, 2.24) is 5.32 Å². The number of benzene rings is 1. The standard InChI is InChI=1S/C23H33NO2/c1-24-16-15-21(17-18-9-8-10-18)26-23(25)22(19-11-4-2-5-12-19)20-13-6-3-7-14-20/h2,4-5,11-12,15-16,18,20-22,24H,3,6-10,13-14,17H2,1H3/b16-15+. The SMILES string of the molecule is CN/C=C/C(CC1CCC1)OC(=O)C(c1ccccc1)C1CCCCC1. The molecule has 142 valence electrons. The molecule has 1 aromatic rings. The summed E-state index contributed by atoms with van der Waals surface area (Å²) in [7, 11) is 1.88. The molecule has 0 bridgehead atoms. The molecule has 3 heteroatoms. The first-order chi connectivity index (χ1) is 12.8. The topological polar surface area (TPSA) is 38.3 Å². The molecule has 0 saturated heterocycles. The average molecular weight is 356 g/mol. The van der Waals surface area contributed by atoms with Crippen LogP contribution in [0, 0.1) is 11.8 Å². The molecule has 0 heterocycles. The van der Waals surface area contributed by atoms with Gasteiger partial charge in [0, 0.05) is 7.05 Å². The third kappa shape index (κ3) is 5.12. The Hall–Kier alpha value is -1.77. The van der Waals surface area contributed by atoms with Crippen LogP contribution in [0.4, 0.5) is 0 Å². The summed E-state index contributed by atoms with van der Waals surface area (Å²) in [6.45, 7) is 0. The van der Waals surface area contributed by atoms with Crippen molar-refractivity contribution in [3.05, 3.63) is 48.2 Å². The van der Waals surface area contributed by atoms with Crippen molar-refractivity contribution < 1.29 is 9.53 Å². The Morgan fingerprint density at radius 3 is 2.46 bits per heavy atom. The van der Waals surface area contributed by atoms with Gasteiger partial charge in [-0.1, -0.05) is 68.9 Å². The highest BCUT2D eigenvalue weighted by Crippen LogP contribution is 2.38. The zero-order chi connectivity index (χ0) is 18.2. The first-order valence-corrected chi connectivity index (χ1v) is 10.4. The summed E-state index contributed by atoms with van der Waals surface area (Å²) in [5.74, 6) is 0.965. The number of ether oxygens (including phenoxy) is 1. The van der Waals surface area contributed by atoms with Crippen molar-refractivity contribution in [2.45, 2.75) is 69.8 Å². The molecule has 0 amide bonds. The fraction of sp³-hybridized carbons (Fsp3) is 0.609. The van der Waals surface area contributed by atoms with Gasteiger partial charge in [0.1, 0.15) is 6.10 Å². The zero-order valence-electron chi connectivity index (χ0n) is 16.0. The van der Waals surface area contributed by atoms with Gasteiger partial charge in [-0.15, -0.1) is 0 Å². The third-order valence-corrected chi connectivity index (χ3v) is 6.07. The second-order valence-corrected chi connectivity index (χ2v) is 7.94. The van der Waals surface area contributed by atoms with E-state index in [1.165, 1.54) is 38.5 Å². The van der Waals surface area contributed by atoms with Crippen LogP contribution in [0.3, 0.4) is 0 Å². The molecule has 2 fully saturated rings. The van der Waals surface area contributed by atoms with Gasteiger partial charge in [-0.3, -0.25) is 4.79 Å². The predicted molar refractivity (Wildman–Crippen MR) is 106 cm³/mol. The highest BCUT2D eigenvalue weighted by atomic mass is 16.5. The van der Waals surface area contributed by atoms with E-state index in [1.807, 2.05) is 37.5 Å². The summed E-state index contributed by atoms with van der Waals surface area (Å²) in [6.07, 6.45) is 14.6. The van der Waals surface area contributed by atoms with Gasteiger partial charge in [-0.25, -0.2) is 0 Å². The maximum Gasteiger partial charge on any atom is 0.314 e. The van der Waals surface area contributed by atoms with Crippen molar-refractivity contribution >= 4 is 5.97 Å². The van der Waals surface area contributed by atoms with Crippen LogP contribution in [0.2, 0.25) is 0 Å². The van der Waals surface area contributed by atoms with Gasteiger partial charge in [0.05, 0.1) is 5.92 Å². The van der Waals surface area contributed by atoms with E-state index in [2.05, 4.69) is 17.4 Å². The van der Waals surface area contributed by atoms with Crippen molar-refractivity contribution in [3.8, 4) is 0 Å².